The number of ether oxygens (including phenoxy) is 1. The highest BCUT2D eigenvalue weighted by Gasteiger charge is 2.37. The van der Waals surface area contributed by atoms with Crippen LogP contribution in [0, 0.1) is 5.92 Å². The Hall–Kier alpha value is -2.04. The second-order valence-electron chi connectivity index (χ2n) is 5.96. The van der Waals surface area contributed by atoms with E-state index in [1.54, 1.807) is 0 Å². The van der Waals surface area contributed by atoms with Crippen molar-refractivity contribution in [2.45, 2.75) is 45.7 Å². The van der Waals surface area contributed by atoms with Crippen LogP contribution in [0.25, 0.3) is 0 Å². The molecule has 0 unspecified atom stereocenters. The van der Waals surface area contributed by atoms with Crippen molar-refractivity contribution in [2.24, 2.45) is 5.92 Å². The van der Waals surface area contributed by atoms with Crippen molar-refractivity contribution in [1.29, 1.82) is 0 Å². The number of methoxy groups -OCH3 is 1. The van der Waals surface area contributed by atoms with E-state index in [2.05, 4.69) is 23.0 Å². The van der Waals surface area contributed by atoms with Gasteiger partial charge in [0.1, 0.15) is 6.04 Å². The molecule has 2 rings (SSSR count). The third-order valence-electron chi connectivity index (χ3n) is 4.17. The van der Waals surface area contributed by atoms with Gasteiger partial charge in [-0.15, -0.1) is 0 Å². The number of carbonyl (C=O) groups excluding carboxylic acids is 2. The van der Waals surface area contributed by atoms with E-state index in [0.717, 1.165) is 18.5 Å². The van der Waals surface area contributed by atoms with Gasteiger partial charge in [-0.2, -0.15) is 0 Å². The standard InChI is InChI=1S/C17H24N2O3/c1-5-13-10-12-8-6-7-9-14(12)19(13)16(20)15(11(2)3)18-17(21)22-4/h6-9,11,13,15H,5,10H2,1-4H3,(H,18,21)/t13-,15+/m1/s1. The fraction of sp³-hybridized carbons (Fsp3) is 0.529. The summed E-state index contributed by atoms with van der Waals surface area (Å²) in [6.07, 6.45) is 1.16. The second kappa shape index (κ2) is 6.81. The number of anilines is 1. The topological polar surface area (TPSA) is 58.6 Å². The zero-order valence-corrected chi connectivity index (χ0v) is 13.6. The van der Waals surface area contributed by atoms with Gasteiger partial charge >= 0.3 is 6.09 Å². The highest BCUT2D eigenvalue weighted by Crippen LogP contribution is 2.34. The Morgan fingerprint density at radius 1 is 1.36 bits per heavy atom. The zero-order chi connectivity index (χ0) is 16.3. The molecule has 1 aliphatic heterocycles. The van der Waals surface area contributed by atoms with E-state index in [1.165, 1.54) is 12.7 Å². The lowest BCUT2D eigenvalue weighted by Gasteiger charge is -2.31. The predicted octanol–water partition coefficient (Wildman–Crippen LogP) is 2.73. The van der Waals surface area contributed by atoms with Crippen molar-refractivity contribution in [3.8, 4) is 0 Å². The van der Waals surface area contributed by atoms with Gasteiger partial charge in [0.2, 0.25) is 5.91 Å². The summed E-state index contributed by atoms with van der Waals surface area (Å²) < 4.78 is 4.65. The van der Waals surface area contributed by atoms with E-state index in [0.29, 0.717) is 0 Å². The molecule has 120 valence electrons. The van der Waals surface area contributed by atoms with Crippen LogP contribution in [0.15, 0.2) is 24.3 Å². The average Bonchev–Trinajstić information content (AvgIpc) is 2.89. The monoisotopic (exact) mass is 304 g/mol. The largest absolute Gasteiger partial charge is 0.453 e. The lowest BCUT2D eigenvalue weighted by Crippen LogP contribution is -2.53. The van der Waals surface area contributed by atoms with Gasteiger partial charge in [-0.05, 0) is 30.4 Å². The Bertz CT molecular complexity index is 557. The highest BCUT2D eigenvalue weighted by atomic mass is 16.5. The molecule has 0 saturated carbocycles. The average molecular weight is 304 g/mol. The first-order valence-corrected chi connectivity index (χ1v) is 7.75. The molecule has 2 amide bonds. The summed E-state index contributed by atoms with van der Waals surface area (Å²) in [5.74, 6) is -0.0888. The number of rotatable bonds is 4. The van der Waals surface area contributed by atoms with E-state index in [9.17, 15) is 9.59 Å². The lowest BCUT2D eigenvalue weighted by molar-refractivity contribution is -0.121. The van der Waals surface area contributed by atoms with Crippen molar-refractivity contribution in [3.05, 3.63) is 29.8 Å². The van der Waals surface area contributed by atoms with Crippen LogP contribution in [-0.2, 0) is 16.0 Å². The summed E-state index contributed by atoms with van der Waals surface area (Å²) in [5, 5.41) is 2.67. The first kappa shape index (κ1) is 16.3. The third-order valence-corrected chi connectivity index (χ3v) is 4.17. The fourth-order valence-corrected chi connectivity index (χ4v) is 2.94. The third kappa shape index (κ3) is 3.08. The van der Waals surface area contributed by atoms with E-state index in [-0.39, 0.29) is 17.9 Å². The normalized spacial score (nSPS) is 18.0. The molecule has 1 N–H and O–H groups in total. The maximum Gasteiger partial charge on any atom is 0.407 e. The van der Waals surface area contributed by atoms with E-state index < -0.39 is 12.1 Å². The molecule has 0 aromatic heterocycles. The minimum atomic E-state index is -0.590. The molecule has 1 aromatic rings. The van der Waals surface area contributed by atoms with Crippen molar-refractivity contribution in [1.82, 2.24) is 5.32 Å². The number of hydrogen-bond donors (Lipinski definition) is 1. The van der Waals surface area contributed by atoms with E-state index >= 15 is 0 Å². The van der Waals surface area contributed by atoms with Gasteiger partial charge in [0.25, 0.3) is 0 Å². The smallest absolute Gasteiger partial charge is 0.407 e. The Balaban J connectivity index is 2.30. The fourth-order valence-electron chi connectivity index (χ4n) is 2.94. The molecular weight excluding hydrogens is 280 g/mol. The number of fused-ring (bicyclic) bond motifs is 1. The van der Waals surface area contributed by atoms with Crippen molar-refractivity contribution < 1.29 is 14.3 Å². The highest BCUT2D eigenvalue weighted by molar-refractivity contribution is 6.01. The van der Waals surface area contributed by atoms with Crippen LogP contribution in [0.5, 0.6) is 0 Å². The van der Waals surface area contributed by atoms with Gasteiger partial charge < -0.3 is 15.0 Å². The van der Waals surface area contributed by atoms with Crippen LogP contribution in [0.1, 0.15) is 32.8 Å². The minimum Gasteiger partial charge on any atom is -0.453 e. The van der Waals surface area contributed by atoms with E-state index in [1.807, 2.05) is 36.9 Å². The summed E-state index contributed by atoms with van der Waals surface area (Å²) in [7, 11) is 1.30. The Labute approximate surface area is 131 Å². The van der Waals surface area contributed by atoms with Gasteiger partial charge in [0.15, 0.2) is 0 Å². The molecule has 5 heteroatoms. The molecule has 1 heterocycles. The summed E-state index contributed by atoms with van der Waals surface area (Å²) in [6.45, 7) is 5.91. The minimum absolute atomic E-state index is 0.0168. The molecule has 0 radical (unpaired) electrons. The van der Waals surface area contributed by atoms with Gasteiger partial charge in [-0.1, -0.05) is 39.0 Å². The van der Waals surface area contributed by atoms with Crippen molar-refractivity contribution in [2.75, 3.05) is 12.0 Å². The Morgan fingerprint density at radius 2 is 2.05 bits per heavy atom. The molecule has 2 atom stereocenters. The van der Waals surface area contributed by atoms with Gasteiger partial charge in [0.05, 0.1) is 7.11 Å². The Kier molecular flexibility index (Phi) is 5.06. The van der Waals surface area contributed by atoms with Crippen molar-refractivity contribution >= 4 is 17.7 Å². The van der Waals surface area contributed by atoms with Crippen molar-refractivity contribution in [3.63, 3.8) is 0 Å². The zero-order valence-electron chi connectivity index (χ0n) is 13.6. The van der Waals surface area contributed by atoms with Gasteiger partial charge in [0, 0.05) is 11.7 Å². The van der Waals surface area contributed by atoms with E-state index in [4.69, 9.17) is 0 Å². The molecule has 1 aliphatic rings. The van der Waals surface area contributed by atoms with Crippen LogP contribution in [0.4, 0.5) is 10.5 Å². The molecular formula is C17H24N2O3. The Morgan fingerprint density at radius 3 is 2.64 bits per heavy atom. The molecule has 1 aromatic carbocycles. The SMILES string of the molecule is CC[C@@H]1Cc2ccccc2N1C(=O)[C@@H](NC(=O)OC)C(C)C. The molecule has 22 heavy (non-hydrogen) atoms. The number of hydrogen-bond acceptors (Lipinski definition) is 3. The number of alkyl carbamates (subject to hydrolysis) is 1. The van der Waals surface area contributed by atoms with Crippen LogP contribution in [0.3, 0.4) is 0 Å². The molecule has 0 spiro atoms. The molecule has 0 bridgehead atoms. The first-order chi connectivity index (χ1) is 10.5. The summed E-state index contributed by atoms with van der Waals surface area (Å²) in [5.41, 5.74) is 2.14. The number of carbonyl (C=O) groups is 2. The molecule has 5 nitrogen and oxygen atoms in total. The summed E-state index contributed by atoms with van der Waals surface area (Å²) in [6, 6.07) is 7.52. The quantitative estimate of drug-likeness (QED) is 0.930. The lowest BCUT2D eigenvalue weighted by atomic mass is 10.0. The maximum atomic E-state index is 13.0. The van der Waals surface area contributed by atoms with Crippen LogP contribution in [-0.4, -0.2) is 31.2 Å². The summed E-state index contributed by atoms with van der Waals surface area (Å²) >= 11 is 0. The first-order valence-electron chi connectivity index (χ1n) is 7.75. The molecule has 0 fully saturated rings. The van der Waals surface area contributed by atoms with Crippen LogP contribution < -0.4 is 10.2 Å². The molecule has 0 aliphatic carbocycles. The number of benzene rings is 1. The number of nitrogens with one attached hydrogen (secondary N) is 1. The van der Waals surface area contributed by atoms with Crippen LogP contribution >= 0.6 is 0 Å². The molecule has 0 saturated heterocycles. The van der Waals surface area contributed by atoms with Gasteiger partial charge in [-0.25, -0.2) is 4.79 Å². The van der Waals surface area contributed by atoms with Crippen LogP contribution in [0.2, 0.25) is 0 Å². The second-order valence-corrected chi connectivity index (χ2v) is 5.96. The maximum absolute atomic E-state index is 13.0. The number of amides is 2. The summed E-state index contributed by atoms with van der Waals surface area (Å²) in [4.78, 5) is 26.4. The van der Waals surface area contributed by atoms with Gasteiger partial charge in [-0.3, -0.25) is 4.79 Å². The number of para-hydroxylation sites is 1. The number of nitrogens with zero attached hydrogens (tertiary/aromatic N) is 1. The predicted molar refractivity (Wildman–Crippen MR) is 85.9 cm³/mol.